The summed E-state index contributed by atoms with van der Waals surface area (Å²) in [6.45, 7) is 2.25. The molecule has 1 unspecified atom stereocenters. The summed E-state index contributed by atoms with van der Waals surface area (Å²) in [5, 5.41) is 17.8. The van der Waals surface area contributed by atoms with Gasteiger partial charge in [0.25, 0.3) is 0 Å². The van der Waals surface area contributed by atoms with E-state index in [1.165, 1.54) is 77.0 Å². The van der Waals surface area contributed by atoms with Gasteiger partial charge in [0.2, 0.25) is 0 Å². The number of allylic oxidation sites excluding steroid dienone is 2. The first-order valence-electron chi connectivity index (χ1n) is 11.7. The van der Waals surface area contributed by atoms with Gasteiger partial charge in [0.1, 0.15) is 0 Å². The molecule has 0 amide bonds. The minimum absolute atomic E-state index is 0.0667. The number of carboxylic acid groups (broad SMARTS) is 2. The van der Waals surface area contributed by atoms with E-state index in [1.54, 1.807) is 0 Å². The van der Waals surface area contributed by atoms with E-state index in [4.69, 9.17) is 5.11 Å². The van der Waals surface area contributed by atoms with E-state index in [-0.39, 0.29) is 12.3 Å². The zero-order chi connectivity index (χ0) is 20.9. The zero-order valence-corrected chi connectivity index (χ0v) is 18.2. The third-order valence-corrected chi connectivity index (χ3v) is 5.36. The summed E-state index contributed by atoms with van der Waals surface area (Å²) in [5.74, 6) is -2.00. The minimum Gasteiger partial charge on any atom is -0.481 e. The van der Waals surface area contributed by atoms with Crippen LogP contribution in [0.5, 0.6) is 0 Å². The molecule has 0 bridgehead atoms. The highest BCUT2D eigenvalue weighted by Gasteiger charge is 2.16. The van der Waals surface area contributed by atoms with Crippen molar-refractivity contribution in [1.82, 2.24) is 0 Å². The molecule has 0 rings (SSSR count). The van der Waals surface area contributed by atoms with Crippen molar-refractivity contribution < 1.29 is 19.8 Å². The van der Waals surface area contributed by atoms with Crippen LogP contribution < -0.4 is 0 Å². The maximum atomic E-state index is 11.2. The number of aliphatic carboxylic acids is 2. The van der Waals surface area contributed by atoms with Crippen molar-refractivity contribution in [3.63, 3.8) is 0 Å². The molecule has 0 fully saturated rings. The summed E-state index contributed by atoms with van der Waals surface area (Å²) in [4.78, 5) is 21.7. The van der Waals surface area contributed by atoms with Gasteiger partial charge in [-0.1, -0.05) is 83.3 Å². The minimum atomic E-state index is -0.846. The van der Waals surface area contributed by atoms with Crippen LogP contribution in [0.2, 0.25) is 0 Å². The van der Waals surface area contributed by atoms with Gasteiger partial charge in [0.05, 0.1) is 5.92 Å². The van der Waals surface area contributed by atoms with Gasteiger partial charge in [-0.25, -0.2) is 0 Å². The Morgan fingerprint density at radius 2 is 1.14 bits per heavy atom. The Balaban J connectivity index is 3.42. The van der Waals surface area contributed by atoms with Crippen LogP contribution in [0.15, 0.2) is 12.2 Å². The van der Waals surface area contributed by atoms with Gasteiger partial charge in [-0.15, -0.1) is 0 Å². The molecule has 0 aromatic rings. The summed E-state index contributed by atoms with van der Waals surface area (Å²) in [7, 11) is 0. The van der Waals surface area contributed by atoms with Crippen LogP contribution in [0.3, 0.4) is 0 Å². The third kappa shape index (κ3) is 19.4. The van der Waals surface area contributed by atoms with Crippen molar-refractivity contribution >= 4 is 11.9 Å². The molecule has 0 aromatic carbocycles. The van der Waals surface area contributed by atoms with Crippen LogP contribution in [0.4, 0.5) is 0 Å². The highest BCUT2D eigenvalue weighted by molar-refractivity contribution is 5.70. The van der Waals surface area contributed by atoms with Gasteiger partial charge in [-0.05, 0) is 44.9 Å². The molecular formula is C24H44O4. The Kier molecular flexibility index (Phi) is 19.5. The van der Waals surface area contributed by atoms with Crippen molar-refractivity contribution in [3.05, 3.63) is 12.2 Å². The van der Waals surface area contributed by atoms with Crippen molar-refractivity contribution in [3.8, 4) is 0 Å². The van der Waals surface area contributed by atoms with E-state index in [0.29, 0.717) is 19.3 Å². The molecule has 0 radical (unpaired) electrons. The lowest BCUT2D eigenvalue weighted by molar-refractivity contribution is -0.143. The van der Waals surface area contributed by atoms with Gasteiger partial charge in [-0.2, -0.15) is 0 Å². The zero-order valence-electron chi connectivity index (χ0n) is 18.2. The lowest BCUT2D eigenvalue weighted by atomic mass is 9.95. The Morgan fingerprint density at radius 1 is 0.679 bits per heavy atom. The number of carboxylic acids is 2. The van der Waals surface area contributed by atoms with E-state index in [2.05, 4.69) is 19.1 Å². The summed E-state index contributed by atoms with van der Waals surface area (Å²) in [6.07, 6.45) is 23.8. The lowest BCUT2D eigenvalue weighted by Crippen LogP contribution is -2.14. The van der Waals surface area contributed by atoms with Crippen molar-refractivity contribution in [2.24, 2.45) is 5.92 Å². The first kappa shape index (κ1) is 26.7. The van der Waals surface area contributed by atoms with Gasteiger partial charge in [-0.3, -0.25) is 9.59 Å². The molecular weight excluding hydrogens is 352 g/mol. The summed E-state index contributed by atoms with van der Waals surface area (Å²) in [5.41, 5.74) is 0. The predicted octanol–water partition coefficient (Wildman–Crippen LogP) is 7.37. The summed E-state index contributed by atoms with van der Waals surface area (Å²) >= 11 is 0. The first-order valence-corrected chi connectivity index (χ1v) is 11.7. The molecule has 164 valence electrons. The van der Waals surface area contributed by atoms with Gasteiger partial charge in [0.15, 0.2) is 0 Å². The SMILES string of the molecule is CCCCCCCCC=CCCCCCCCCC(CCCC(=O)O)C(=O)O. The predicted molar refractivity (Wildman–Crippen MR) is 117 cm³/mol. The fourth-order valence-electron chi connectivity index (χ4n) is 3.53. The Labute approximate surface area is 172 Å². The molecule has 0 aliphatic heterocycles. The summed E-state index contributed by atoms with van der Waals surface area (Å²) < 4.78 is 0. The molecule has 4 heteroatoms. The van der Waals surface area contributed by atoms with Crippen LogP contribution in [0.25, 0.3) is 0 Å². The van der Waals surface area contributed by atoms with Gasteiger partial charge in [0, 0.05) is 6.42 Å². The number of rotatable bonds is 21. The fourth-order valence-corrected chi connectivity index (χ4v) is 3.53. The van der Waals surface area contributed by atoms with E-state index in [1.807, 2.05) is 0 Å². The second-order valence-corrected chi connectivity index (χ2v) is 8.05. The third-order valence-electron chi connectivity index (χ3n) is 5.36. The number of hydrogen-bond donors (Lipinski definition) is 2. The maximum Gasteiger partial charge on any atom is 0.306 e. The largest absolute Gasteiger partial charge is 0.481 e. The Morgan fingerprint density at radius 3 is 1.64 bits per heavy atom. The quantitative estimate of drug-likeness (QED) is 0.157. The normalized spacial score (nSPS) is 12.5. The first-order chi connectivity index (χ1) is 13.6. The molecule has 4 nitrogen and oxygen atoms in total. The van der Waals surface area contributed by atoms with Gasteiger partial charge < -0.3 is 10.2 Å². The molecule has 28 heavy (non-hydrogen) atoms. The lowest BCUT2D eigenvalue weighted by Gasteiger charge is -2.11. The monoisotopic (exact) mass is 396 g/mol. The molecule has 0 spiro atoms. The van der Waals surface area contributed by atoms with Crippen LogP contribution in [-0.4, -0.2) is 22.2 Å². The summed E-state index contributed by atoms with van der Waals surface area (Å²) in [6, 6.07) is 0. The van der Waals surface area contributed by atoms with E-state index in [9.17, 15) is 14.7 Å². The Hall–Kier alpha value is -1.32. The topological polar surface area (TPSA) is 74.6 Å². The van der Waals surface area contributed by atoms with Crippen LogP contribution in [0, 0.1) is 5.92 Å². The molecule has 0 saturated carbocycles. The molecule has 0 aromatic heterocycles. The molecule has 0 saturated heterocycles. The molecule has 2 N–H and O–H groups in total. The second-order valence-electron chi connectivity index (χ2n) is 8.05. The van der Waals surface area contributed by atoms with E-state index in [0.717, 1.165) is 12.8 Å². The van der Waals surface area contributed by atoms with E-state index < -0.39 is 11.9 Å². The van der Waals surface area contributed by atoms with E-state index >= 15 is 0 Å². The van der Waals surface area contributed by atoms with Crippen molar-refractivity contribution in [1.29, 1.82) is 0 Å². The Bertz CT molecular complexity index is 403. The average Bonchev–Trinajstić information content (AvgIpc) is 2.65. The molecule has 0 aliphatic carbocycles. The smallest absolute Gasteiger partial charge is 0.306 e. The van der Waals surface area contributed by atoms with Crippen LogP contribution >= 0.6 is 0 Å². The number of carbonyl (C=O) groups is 2. The van der Waals surface area contributed by atoms with Crippen LogP contribution in [0.1, 0.15) is 122 Å². The fraction of sp³-hybridized carbons (Fsp3) is 0.833. The second kappa shape index (κ2) is 20.4. The molecule has 0 aliphatic rings. The average molecular weight is 397 g/mol. The molecule has 1 atom stereocenters. The molecule has 0 heterocycles. The van der Waals surface area contributed by atoms with Crippen molar-refractivity contribution in [2.45, 2.75) is 122 Å². The highest BCUT2D eigenvalue weighted by Crippen LogP contribution is 2.18. The van der Waals surface area contributed by atoms with Gasteiger partial charge >= 0.3 is 11.9 Å². The van der Waals surface area contributed by atoms with Crippen LogP contribution in [-0.2, 0) is 9.59 Å². The standard InChI is InChI=1S/C24H44O4/c1-2-3-4-5-6-7-8-9-10-11-12-13-14-15-16-17-19-22(24(27)28)20-18-21-23(25)26/h9-10,22H,2-8,11-21H2,1H3,(H,25,26)(H,27,28). The highest BCUT2D eigenvalue weighted by atomic mass is 16.4. The van der Waals surface area contributed by atoms with Crippen molar-refractivity contribution in [2.75, 3.05) is 0 Å². The maximum absolute atomic E-state index is 11.2. The number of unbranched alkanes of at least 4 members (excludes halogenated alkanes) is 12. The number of hydrogen-bond acceptors (Lipinski definition) is 2.